The molecule has 0 spiro atoms. The standard InChI is InChI=1S/C8H8F3NOS/c1-13-7-5(4-14)6(2-3-12-7)8(9,10)11/h2-3,14H,4H2,1H3. The second-order valence-corrected chi connectivity index (χ2v) is 2.82. The van der Waals surface area contributed by atoms with Crippen molar-refractivity contribution >= 4 is 12.6 Å². The molecule has 0 amide bonds. The Balaban J connectivity index is 3.29. The van der Waals surface area contributed by atoms with Crippen molar-refractivity contribution in [2.75, 3.05) is 7.11 Å². The molecule has 0 N–H and O–H groups in total. The van der Waals surface area contributed by atoms with E-state index in [-0.39, 0.29) is 17.2 Å². The normalized spacial score (nSPS) is 11.5. The number of thiol groups is 1. The lowest BCUT2D eigenvalue weighted by atomic mass is 10.1. The molecule has 0 saturated carbocycles. The lowest BCUT2D eigenvalue weighted by Crippen LogP contribution is -2.10. The predicted molar refractivity (Wildman–Crippen MR) is 48.5 cm³/mol. The van der Waals surface area contributed by atoms with Gasteiger partial charge in [0.2, 0.25) is 5.88 Å². The quantitative estimate of drug-likeness (QED) is 0.778. The fraction of sp³-hybridized carbons (Fsp3) is 0.375. The topological polar surface area (TPSA) is 22.1 Å². The highest BCUT2D eigenvalue weighted by molar-refractivity contribution is 7.79. The minimum atomic E-state index is -4.39. The Morgan fingerprint density at radius 1 is 1.50 bits per heavy atom. The van der Waals surface area contributed by atoms with Crippen LogP contribution in [0.4, 0.5) is 13.2 Å². The van der Waals surface area contributed by atoms with Gasteiger partial charge in [-0.05, 0) is 6.07 Å². The lowest BCUT2D eigenvalue weighted by Gasteiger charge is -2.13. The molecule has 1 aromatic rings. The van der Waals surface area contributed by atoms with E-state index in [1.165, 1.54) is 7.11 Å². The van der Waals surface area contributed by atoms with Crippen molar-refractivity contribution in [3.63, 3.8) is 0 Å². The zero-order valence-corrected chi connectivity index (χ0v) is 8.19. The molecule has 0 aliphatic carbocycles. The van der Waals surface area contributed by atoms with Crippen molar-refractivity contribution in [2.24, 2.45) is 0 Å². The van der Waals surface area contributed by atoms with Crippen molar-refractivity contribution in [1.82, 2.24) is 4.98 Å². The number of alkyl halides is 3. The number of rotatable bonds is 2. The molecule has 1 aromatic heterocycles. The van der Waals surface area contributed by atoms with Gasteiger partial charge in [-0.3, -0.25) is 0 Å². The maximum atomic E-state index is 12.4. The second-order valence-electron chi connectivity index (χ2n) is 2.50. The molecule has 0 aromatic carbocycles. The average molecular weight is 223 g/mol. The third-order valence-corrected chi connectivity index (χ3v) is 1.99. The van der Waals surface area contributed by atoms with Crippen LogP contribution in [0, 0.1) is 0 Å². The van der Waals surface area contributed by atoms with E-state index >= 15 is 0 Å². The van der Waals surface area contributed by atoms with Crippen molar-refractivity contribution in [1.29, 1.82) is 0 Å². The Morgan fingerprint density at radius 3 is 2.57 bits per heavy atom. The fourth-order valence-electron chi connectivity index (χ4n) is 1.07. The maximum Gasteiger partial charge on any atom is 0.416 e. The number of pyridine rings is 1. The van der Waals surface area contributed by atoms with E-state index in [0.717, 1.165) is 12.3 Å². The van der Waals surface area contributed by atoms with Crippen molar-refractivity contribution in [3.05, 3.63) is 23.4 Å². The van der Waals surface area contributed by atoms with E-state index in [0.29, 0.717) is 0 Å². The number of aromatic nitrogens is 1. The summed E-state index contributed by atoms with van der Waals surface area (Å²) < 4.78 is 42.0. The van der Waals surface area contributed by atoms with Gasteiger partial charge in [-0.25, -0.2) is 4.98 Å². The summed E-state index contributed by atoms with van der Waals surface area (Å²) in [4.78, 5) is 3.67. The van der Waals surface area contributed by atoms with E-state index in [9.17, 15) is 13.2 Å². The Hall–Kier alpha value is -0.910. The van der Waals surface area contributed by atoms with E-state index in [1.807, 2.05) is 0 Å². The van der Waals surface area contributed by atoms with Crippen LogP contribution in [-0.2, 0) is 11.9 Å². The first kappa shape index (κ1) is 11.2. The van der Waals surface area contributed by atoms with Crippen molar-refractivity contribution in [2.45, 2.75) is 11.9 Å². The van der Waals surface area contributed by atoms with Crippen LogP contribution in [-0.4, -0.2) is 12.1 Å². The summed E-state index contributed by atoms with van der Waals surface area (Å²) >= 11 is 3.82. The Bertz CT molecular complexity index is 327. The monoisotopic (exact) mass is 223 g/mol. The number of halogens is 3. The molecule has 0 radical (unpaired) electrons. The molecule has 14 heavy (non-hydrogen) atoms. The highest BCUT2D eigenvalue weighted by Gasteiger charge is 2.34. The molecule has 0 bridgehead atoms. The van der Waals surface area contributed by atoms with Gasteiger partial charge in [-0.2, -0.15) is 25.8 Å². The van der Waals surface area contributed by atoms with Crippen LogP contribution in [0.1, 0.15) is 11.1 Å². The molecule has 0 saturated heterocycles. The molecular formula is C8H8F3NOS. The van der Waals surface area contributed by atoms with Gasteiger partial charge < -0.3 is 4.74 Å². The second kappa shape index (κ2) is 4.08. The summed E-state index contributed by atoms with van der Waals surface area (Å²) in [6, 6.07) is 0.911. The Labute approximate surface area is 84.5 Å². The summed E-state index contributed by atoms with van der Waals surface area (Å²) in [7, 11) is 1.27. The van der Waals surface area contributed by atoms with Gasteiger partial charge in [-0.1, -0.05) is 0 Å². The van der Waals surface area contributed by atoms with Crippen molar-refractivity contribution < 1.29 is 17.9 Å². The lowest BCUT2D eigenvalue weighted by molar-refractivity contribution is -0.138. The molecule has 2 nitrogen and oxygen atoms in total. The van der Waals surface area contributed by atoms with Crippen LogP contribution in [0.3, 0.4) is 0 Å². The van der Waals surface area contributed by atoms with Gasteiger partial charge in [0, 0.05) is 17.5 Å². The smallest absolute Gasteiger partial charge is 0.416 e. The summed E-state index contributed by atoms with van der Waals surface area (Å²) in [5.41, 5.74) is -0.787. The molecule has 1 heterocycles. The van der Waals surface area contributed by atoms with E-state index in [4.69, 9.17) is 4.74 Å². The Morgan fingerprint density at radius 2 is 2.14 bits per heavy atom. The first-order valence-electron chi connectivity index (χ1n) is 3.70. The molecule has 0 aliphatic rings. The molecule has 0 unspecified atom stereocenters. The molecule has 1 rings (SSSR count). The number of hydrogen-bond donors (Lipinski definition) is 1. The van der Waals surface area contributed by atoms with Crippen LogP contribution in [0.15, 0.2) is 12.3 Å². The molecular weight excluding hydrogens is 215 g/mol. The number of methoxy groups -OCH3 is 1. The number of hydrogen-bond acceptors (Lipinski definition) is 3. The van der Waals surface area contributed by atoms with Crippen LogP contribution < -0.4 is 4.74 Å². The molecule has 6 heteroatoms. The summed E-state index contributed by atoms with van der Waals surface area (Å²) in [5, 5.41) is 0. The largest absolute Gasteiger partial charge is 0.481 e. The van der Waals surface area contributed by atoms with E-state index in [1.54, 1.807) is 0 Å². The molecule has 0 fully saturated rings. The minimum Gasteiger partial charge on any atom is -0.481 e. The third kappa shape index (κ3) is 2.12. The highest BCUT2D eigenvalue weighted by atomic mass is 32.1. The van der Waals surface area contributed by atoms with E-state index < -0.39 is 11.7 Å². The van der Waals surface area contributed by atoms with Crippen LogP contribution >= 0.6 is 12.6 Å². The predicted octanol–water partition coefficient (Wildman–Crippen LogP) is 2.54. The maximum absolute atomic E-state index is 12.4. The fourth-order valence-corrected chi connectivity index (χ4v) is 1.37. The Kier molecular flexibility index (Phi) is 3.25. The van der Waals surface area contributed by atoms with Crippen LogP contribution in [0.5, 0.6) is 5.88 Å². The average Bonchev–Trinajstić information content (AvgIpc) is 2.15. The van der Waals surface area contributed by atoms with Gasteiger partial charge in [-0.15, -0.1) is 0 Å². The summed E-state index contributed by atoms with van der Waals surface area (Å²) in [5.74, 6) is -0.0962. The van der Waals surface area contributed by atoms with Crippen LogP contribution in [0.2, 0.25) is 0 Å². The molecule has 0 aliphatic heterocycles. The first-order valence-corrected chi connectivity index (χ1v) is 4.34. The highest BCUT2D eigenvalue weighted by Crippen LogP contribution is 2.35. The third-order valence-electron chi connectivity index (χ3n) is 1.67. The van der Waals surface area contributed by atoms with Gasteiger partial charge >= 0.3 is 6.18 Å². The summed E-state index contributed by atoms with van der Waals surface area (Å²) in [6.07, 6.45) is -3.33. The van der Waals surface area contributed by atoms with Crippen LogP contribution in [0.25, 0.3) is 0 Å². The first-order chi connectivity index (χ1) is 6.50. The number of ether oxygens (including phenoxy) is 1. The van der Waals surface area contributed by atoms with Gasteiger partial charge in [0.05, 0.1) is 12.7 Å². The molecule has 78 valence electrons. The minimum absolute atomic E-state index is 0.0326. The zero-order valence-electron chi connectivity index (χ0n) is 7.30. The number of nitrogens with zero attached hydrogens (tertiary/aromatic N) is 1. The zero-order chi connectivity index (χ0) is 10.8. The molecule has 0 atom stereocenters. The summed E-state index contributed by atoms with van der Waals surface area (Å²) in [6.45, 7) is 0. The van der Waals surface area contributed by atoms with Gasteiger partial charge in [0.15, 0.2) is 0 Å². The van der Waals surface area contributed by atoms with Crippen molar-refractivity contribution in [3.8, 4) is 5.88 Å². The van der Waals surface area contributed by atoms with Gasteiger partial charge in [0.25, 0.3) is 0 Å². The SMILES string of the molecule is COc1nccc(C(F)(F)F)c1CS. The van der Waals surface area contributed by atoms with E-state index in [2.05, 4.69) is 17.6 Å². The van der Waals surface area contributed by atoms with Gasteiger partial charge in [0.1, 0.15) is 0 Å².